The van der Waals surface area contributed by atoms with Gasteiger partial charge in [-0.25, -0.2) is 4.79 Å². The van der Waals surface area contributed by atoms with Gasteiger partial charge in [-0.1, -0.05) is 19.1 Å². The van der Waals surface area contributed by atoms with Gasteiger partial charge in [0.1, 0.15) is 0 Å². The monoisotopic (exact) mass is 250 g/mol. The van der Waals surface area contributed by atoms with Crippen molar-refractivity contribution >= 4 is 11.7 Å². The number of urea groups is 1. The van der Waals surface area contributed by atoms with E-state index in [1.807, 2.05) is 39.0 Å². The topological polar surface area (TPSA) is 61.4 Å². The van der Waals surface area contributed by atoms with Gasteiger partial charge in [-0.2, -0.15) is 0 Å². The van der Waals surface area contributed by atoms with E-state index >= 15 is 0 Å². The molecule has 1 aromatic carbocycles. The first kappa shape index (κ1) is 14.5. The van der Waals surface area contributed by atoms with Crippen LogP contribution in [0.1, 0.15) is 30.9 Å². The first-order chi connectivity index (χ1) is 8.54. The minimum Gasteiger partial charge on any atom is -0.393 e. The average Bonchev–Trinajstić information content (AvgIpc) is 2.34. The molecule has 0 heterocycles. The number of aliphatic hydroxyl groups excluding tert-OH is 1. The largest absolute Gasteiger partial charge is 0.393 e. The lowest BCUT2D eigenvalue weighted by Crippen LogP contribution is -2.31. The molecule has 0 bridgehead atoms. The van der Waals surface area contributed by atoms with Crippen LogP contribution in [0.2, 0.25) is 0 Å². The molecule has 3 N–H and O–H groups in total. The molecule has 100 valence electrons. The Morgan fingerprint density at radius 3 is 2.78 bits per heavy atom. The number of hydrogen-bond donors (Lipinski definition) is 3. The molecule has 1 aromatic rings. The maximum absolute atomic E-state index is 11.6. The molecule has 2 amide bonds. The van der Waals surface area contributed by atoms with Gasteiger partial charge < -0.3 is 15.7 Å². The van der Waals surface area contributed by atoms with Crippen molar-refractivity contribution in [2.75, 3.05) is 11.9 Å². The summed E-state index contributed by atoms with van der Waals surface area (Å²) in [6.07, 6.45) is 0.947. The van der Waals surface area contributed by atoms with Gasteiger partial charge in [-0.05, 0) is 43.9 Å². The van der Waals surface area contributed by atoms with Crippen LogP contribution in [-0.4, -0.2) is 23.8 Å². The predicted octanol–water partition coefficient (Wildman–Crippen LogP) is 2.59. The quantitative estimate of drug-likeness (QED) is 0.752. The van der Waals surface area contributed by atoms with Gasteiger partial charge in [-0.3, -0.25) is 0 Å². The number of aliphatic hydroxyl groups is 1. The number of aryl methyl sites for hydroxylation is 1. The number of amides is 2. The van der Waals surface area contributed by atoms with Crippen LogP contribution in [0, 0.1) is 13.8 Å². The molecule has 0 fully saturated rings. The Hall–Kier alpha value is -1.55. The standard InChI is InChI=1S/C14H22N2O2/c1-4-12(17)8-9-15-14(18)16-13-7-5-6-10(2)11(13)3/h5-7,12,17H,4,8-9H2,1-3H3,(H2,15,16,18). The Labute approximate surface area is 108 Å². The first-order valence-corrected chi connectivity index (χ1v) is 6.33. The molecule has 0 saturated carbocycles. The highest BCUT2D eigenvalue weighted by Crippen LogP contribution is 2.17. The van der Waals surface area contributed by atoms with E-state index in [2.05, 4.69) is 10.6 Å². The normalized spacial score (nSPS) is 12.0. The van der Waals surface area contributed by atoms with Crippen LogP contribution in [0.5, 0.6) is 0 Å². The molecule has 0 aliphatic heterocycles. The van der Waals surface area contributed by atoms with Crippen molar-refractivity contribution in [3.8, 4) is 0 Å². The number of carbonyl (C=O) groups excluding carboxylic acids is 1. The summed E-state index contributed by atoms with van der Waals surface area (Å²) in [6.45, 7) is 6.38. The van der Waals surface area contributed by atoms with Crippen LogP contribution in [-0.2, 0) is 0 Å². The van der Waals surface area contributed by atoms with Crippen molar-refractivity contribution in [3.63, 3.8) is 0 Å². The molecule has 1 atom stereocenters. The average molecular weight is 250 g/mol. The molecule has 4 heteroatoms. The van der Waals surface area contributed by atoms with Crippen molar-refractivity contribution in [3.05, 3.63) is 29.3 Å². The Kier molecular flexibility index (Phi) is 5.65. The van der Waals surface area contributed by atoms with Gasteiger partial charge >= 0.3 is 6.03 Å². The Morgan fingerprint density at radius 1 is 1.39 bits per heavy atom. The highest BCUT2D eigenvalue weighted by Gasteiger charge is 2.06. The van der Waals surface area contributed by atoms with Crippen LogP contribution >= 0.6 is 0 Å². The van der Waals surface area contributed by atoms with E-state index in [1.165, 1.54) is 0 Å². The van der Waals surface area contributed by atoms with Gasteiger partial charge in [0.2, 0.25) is 0 Å². The maximum Gasteiger partial charge on any atom is 0.319 e. The Morgan fingerprint density at radius 2 is 2.11 bits per heavy atom. The fourth-order valence-corrected chi connectivity index (χ4v) is 1.61. The predicted molar refractivity (Wildman–Crippen MR) is 73.9 cm³/mol. The number of rotatable bonds is 5. The molecule has 0 aliphatic carbocycles. The molecule has 1 unspecified atom stereocenters. The zero-order valence-electron chi connectivity index (χ0n) is 11.3. The number of anilines is 1. The van der Waals surface area contributed by atoms with E-state index in [0.29, 0.717) is 19.4 Å². The molecule has 0 saturated heterocycles. The summed E-state index contributed by atoms with van der Waals surface area (Å²) in [7, 11) is 0. The molecule has 4 nitrogen and oxygen atoms in total. The number of benzene rings is 1. The van der Waals surface area contributed by atoms with E-state index in [4.69, 9.17) is 0 Å². The first-order valence-electron chi connectivity index (χ1n) is 6.33. The molecule has 0 spiro atoms. The third-order valence-corrected chi connectivity index (χ3v) is 3.09. The second-order valence-electron chi connectivity index (χ2n) is 4.48. The van der Waals surface area contributed by atoms with Crippen molar-refractivity contribution in [2.24, 2.45) is 0 Å². The fourth-order valence-electron chi connectivity index (χ4n) is 1.61. The summed E-state index contributed by atoms with van der Waals surface area (Å²) < 4.78 is 0. The number of hydrogen-bond acceptors (Lipinski definition) is 2. The van der Waals surface area contributed by atoms with Crippen LogP contribution in [0.15, 0.2) is 18.2 Å². The van der Waals surface area contributed by atoms with Crippen LogP contribution < -0.4 is 10.6 Å². The highest BCUT2D eigenvalue weighted by molar-refractivity contribution is 5.90. The second kappa shape index (κ2) is 7.01. The van der Waals surface area contributed by atoms with Crippen molar-refractivity contribution in [1.29, 1.82) is 0 Å². The van der Waals surface area contributed by atoms with Gasteiger partial charge in [-0.15, -0.1) is 0 Å². The minimum absolute atomic E-state index is 0.230. The molecule has 0 radical (unpaired) electrons. The summed E-state index contributed by atoms with van der Waals surface area (Å²) in [5, 5.41) is 14.9. The zero-order chi connectivity index (χ0) is 13.5. The smallest absolute Gasteiger partial charge is 0.319 e. The van der Waals surface area contributed by atoms with E-state index < -0.39 is 0 Å². The Bertz CT molecular complexity index is 405. The lowest BCUT2D eigenvalue weighted by molar-refractivity contribution is 0.160. The van der Waals surface area contributed by atoms with Gasteiger partial charge in [0, 0.05) is 12.2 Å². The van der Waals surface area contributed by atoms with Crippen molar-refractivity contribution < 1.29 is 9.90 Å². The lowest BCUT2D eigenvalue weighted by atomic mass is 10.1. The fraction of sp³-hybridized carbons (Fsp3) is 0.500. The molecule has 0 aliphatic rings. The Balaban J connectivity index is 2.43. The van der Waals surface area contributed by atoms with E-state index in [0.717, 1.165) is 16.8 Å². The van der Waals surface area contributed by atoms with Crippen LogP contribution in [0.3, 0.4) is 0 Å². The highest BCUT2D eigenvalue weighted by atomic mass is 16.3. The summed E-state index contributed by atoms with van der Waals surface area (Å²) in [5.41, 5.74) is 3.04. The van der Waals surface area contributed by atoms with Crippen LogP contribution in [0.25, 0.3) is 0 Å². The van der Waals surface area contributed by atoms with E-state index in [1.54, 1.807) is 0 Å². The summed E-state index contributed by atoms with van der Waals surface area (Å²) >= 11 is 0. The summed E-state index contributed by atoms with van der Waals surface area (Å²) in [5.74, 6) is 0. The van der Waals surface area contributed by atoms with Crippen molar-refractivity contribution in [2.45, 2.75) is 39.7 Å². The number of carbonyl (C=O) groups is 1. The molecule has 0 aromatic heterocycles. The maximum atomic E-state index is 11.6. The molecule has 18 heavy (non-hydrogen) atoms. The van der Waals surface area contributed by atoms with Gasteiger partial charge in [0.15, 0.2) is 0 Å². The number of nitrogens with one attached hydrogen (secondary N) is 2. The zero-order valence-corrected chi connectivity index (χ0v) is 11.3. The third kappa shape index (κ3) is 4.37. The van der Waals surface area contributed by atoms with Gasteiger partial charge in [0.05, 0.1) is 6.10 Å². The summed E-state index contributed by atoms with van der Waals surface area (Å²) in [6, 6.07) is 5.57. The van der Waals surface area contributed by atoms with E-state index in [9.17, 15) is 9.90 Å². The van der Waals surface area contributed by atoms with Crippen molar-refractivity contribution in [1.82, 2.24) is 5.32 Å². The van der Waals surface area contributed by atoms with E-state index in [-0.39, 0.29) is 12.1 Å². The summed E-state index contributed by atoms with van der Waals surface area (Å²) in [4.78, 5) is 11.6. The lowest BCUT2D eigenvalue weighted by Gasteiger charge is -2.12. The van der Waals surface area contributed by atoms with Crippen LogP contribution in [0.4, 0.5) is 10.5 Å². The second-order valence-corrected chi connectivity index (χ2v) is 4.48. The minimum atomic E-state index is -0.342. The molecular weight excluding hydrogens is 228 g/mol. The SMILES string of the molecule is CCC(O)CCNC(=O)Nc1cccc(C)c1C. The molecular formula is C14H22N2O2. The third-order valence-electron chi connectivity index (χ3n) is 3.09. The van der Waals surface area contributed by atoms with Gasteiger partial charge in [0.25, 0.3) is 0 Å². The molecule has 1 rings (SSSR count).